The van der Waals surface area contributed by atoms with Gasteiger partial charge in [-0.05, 0) is 28.1 Å². The summed E-state index contributed by atoms with van der Waals surface area (Å²) in [5, 5.41) is 8.86. The lowest BCUT2D eigenvalue weighted by Gasteiger charge is -2.03. The SMILES string of the molecule is COC(=O)c1ccc(Br)c2nc(C(=O)O)cn12. The number of carboxylic acid groups (broad SMARTS) is 1. The van der Waals surface area contributed by atoms with Gasteiger partial charge in [0, 0.05) is 6.20 Å². The van der Waals surface area contributed by atoms with Gasteiger partial charge in [-0.2, -0.15) is 0 Å². The maximum atomic E-state index is 11.5. The van der Waals surface area contributed by atoms with Crippen molar-refractivity contribution in [2.24, 2.45) is 0 Å². The van der Waals surface area contributed by atoms with Crippen LogP contribution in [-0.2, 0) is 4.74 Å². The van der Waals surface area contributed by atoms with Crippen molar-refractivity contribution >= 4 is 33.5 Å². The Labute approximate surface area is 104 Å². The van der Waals surface area contributed by atoms with Crippen LogP contribution in [0.25, 0.3) is 5.65 Å². The van der Waals surface area contributed by atoms with E-state index in [0.717, 1.165) is 0 Å². The number of esters is 1. The van der Waals surface area contributed by atoms with Crippen molar-refractivity contribution in [1.29, 1.82) is 0 Å². The Bertz CT molecular complexity index is 620. The van der Waals surface area contributed by atoms with Crippen LogP contribution in [0.1, 0.15) is 21.0 Å². The molecule has 0 aromatic carbocycles. The summed E-state index contributed by atoms with van der Waals surface area (Å²) in [5.74, 6) is -1.71. The van der Waals surface area contributed by atoms with Gasteiger partial charge in [-0.3, -0.25) is 4.40 Å². The standard InChI is InChI=1S/C10H7BrN2O4/c1-17-10(16)7-3-2-5(11)8-12-6(9(14)15)4-13(7)8/h2-4H,1H3,(H,14,15). The third kappa shape index (κ3) is 1.89. The molecule has 17 heavy (non-hydrogen) atoms. The molecular weight excluding hydrogens is 292 g/mol. The summed E-state index contributed by atoms with van der Waals surface area (Å²) < 4.78 is 6.57. The Morgan fingerprint density at radius 1 is 1.47 bits per heavy atom. The Hall–Kier alpha value is -1.89. The first-order valence-electron chi connectivity index (χ1n) is 4.54. The number of carboxylic acids is 1. The van der Waals surface area contributed by atoms with Crippen molar-refractivity contribution in [3.05, 3.63) is 34.2 Å². The molecule has 0 radical (unpaired) electrons. The van der Waals surface area contributed by atoms with Crippen molar-refractivity contribution in [2.75, 3.05) is 7.11 Å². The van der Waals surface area contributed by atoms with Crippen molar-refractivity contribution in [3.63, 3.8) is 0 Å². The van der Waals surface area contributed by atoms with E-state index >= 15 is 0 Å². The second-order valence-electron chi connectivity index (χ2n) is 3.18. The number of nitrogens with zero attached hydrogens (tertiary/aromatic N) is 2. The number of pyridine rings is 1. The molecule has 6 nitrogen and oxygen atoms in total. The smallest absolute Gasteiger partial charge is 0.356 e. The Balaban J connectivity index is 2.75. The highest BCUT2D eigenvalue weighted by molar-refractivity contribution is 9.10. The number of halogens is 1. The molecule has 2 aromatic rings. The lowest BCUT2D eigenvalue weighted by Crippen LogP contribution is -2.07. The molecule has 0 saturated heterocycles. The van der Waals surface area contributed by atoms with Gasteiger partial charge in [0.1, 0.15) is 5.69 Å². The number of methoxy groups -OCH3 is 1. The molecule has 0 bridgehead atoms. The summed E-state index contributed by atoms with van der Waals surface area (Å²) in [7, 11) is 1.26. The highest BCUT2D eigenvalue weighted by Crippen LogP contribution is 2.20. The summed E-state index contributed by atoms with van der Waals surface area (Å²) in [4.78, 5) is 26.2. The number of rotatable bonds is 2. The van der Waals surface area contributed by atoms with E-state index in [2.05, 4.69) is 25.7 Å². The van der Waals surface area contributed by atoms with Gasteiger partial charge in [-0.25, -0.2) is 14.6 Å². The molecule has 2 rings (SSSR count). The molecule has 2 aromatic heterocycles. The molecular formula is C10H7BrN2O4. The summed E-state index contributed by atoms with van der Waals surface area (Å²) in [6.45, 7) is 0. The predicted octanol–water partition coefficient (Wildman–Crippen LogP) is 1.58. The number of imidazole rings is 1. The van der Waals surface area contributed by atoms with Crippen LogP contribution in [0.5, 0.6) is 0 Å². The average molecular weight is 299 g/mol. The second kappa shape index (κ2) is 4.17. The topological polar surface area (TPSA) is 80.9 Å². The number of carbonyl (C=O) groups excluding carboxylic acids is 1. The van der Waals surface area contributed by atoms with Crippen molar-refractivity contribution in [1.82, 2.24) is 9.38 Å². The van der Waals surface area contributed by atoms with Gasteiger partial charge in [0.2, 0.25) is 0 Å². The molecule has 0 atom stereocenters. The molecule has 0 aliphatic rings. The van der Waals surface area contributed by atoms with E-state index in [1.165, 1.54) is 23.8 Å². The number of aromatic nitrogens is 2. The van der Waals surface area contributed by atoms with Crippen LogP contribution < -0.4 is 0 Å². The summed E-state index contributed by atoms with van der Waals surface area (Å²) >= 11 is 3.24. The van der Waals surface area contributed by atoms with E-state index in [-0.39, 0.29) is 11.4 Å². The fourth-order valence-corrected chi connectivity index (χ4v) is 1.83. The fourth-order valence-electron chi connectivity index (χ4n) is 1.41. The van der Waals surface area contributed by atoms with Crippen LogP contribution in [0.15, 0.2) is 22.8 Å². The lowest BCUT2D eigenvalue weighted by atomic mass is 10.3. The molecule has 0 amide bonds. The van der Waals surface area contributed by atoms with Gasteiger partial charge in [0.05, 0.1) is 11.6 Å². The van der Waals surface area contributed by atoms with Gasteiger partial charge in [0.25, 0.3) is 0 Å². The molecule has 0 aliphatic heterocycles. The first-order chi connectivity index (χ1) is 8.04. The average Bonchev–Trinajstić information content (AvgIpc) is 2.74. The third-order valence-electron chi connectivity index (χ3n) is 2.18. The quantitative estimate of drug-likeness (QED) is 0.852. The van der Waals surface area contributed by atoms with Crippen molar-refractivity contribution in [2.45, 2.75) is 0 Å². The van der Waals surface area contributed by atoms with Crippen LogP contribution in [0, 0.1) is 0 Å². The molecule has 0 saturated carbocycles. The van der Waals surface area contributed by atoms with Crippen LogP contribution in [0.3, 0.4) is 0 Å². The monoisotopic (exact) mass is 298 g/mol. The largest absolute Gasteiger partial charge is 0.476 e. The number of aromatic carboxylic acids is 1. The molecule has 0 fully saturated rings. The van der Waals surface area contributed by atoms with E-state index in [0.29, 0.717) is 10.1 Å². The van der Waals surface area contributed by atoms with Gasteiger partial charge in [-0.1, -0.05) is 0 Å². The highest BCUT2D eigenvalue weighted by atomic mass is 79.9. The maximum absolute atomic E-state index is 11.5. The zero-order valence-electron chi connectivity index (χ0n) is 8.68. The summed E-state index contributed by atoms with van der Waals surface area (Å²) in [5.41, 5.74) is 0.429. The van der Waals surface area contributed by atoms with E-state index in [1.54, 1.807) is 6.07 Å². The summed E-state index contributed by atoms with van der Waals surface area (Å²) in [6, 6.07) is 3.14. The third-order valence-corrected chi connectivity index (χ3v) is 2.80. The van der Waals surface area contributed by atoms with E-state index in [4.69, 9.17) is 5.11 Å². The Morgan fingerprint density at radius 3 is 2.76 bits per heavy atom. The van der Waals surface area contributed by atoms with Gasteiger partial charge in [0.15, 0.2) is 11.3 Å². The van der Waals surface area contributed by atoms with Crippen molar-refractivity contribution < 1.29 is 19.4 Å². The molecule has 0 spiro atoms. The number of hydrogen-bond acceptors (Lipinski definition) is 4. The van der Waals surface area contributed by atoms with Crippen molar-refractivity contribution in [3.8, 4) is 0 Å². The van der Waals surface area contributed by atoms with Crippen LogP contribution in [0.2, 0.25) is 0 Å². The second-order valence-corrected chi connectivity index (χ2v) is 4.04. The molecule has 2 heterocycles. The van der Waals surface area contributed by atoms with E-state index < -0.39 is 11.9 Å². The zero-order valence-corrected chi connectivity index (χ0v) is 10.3. The molecule has 0 aliphatic carbocycles. The fraction of sp³-hybridized carbons (Fsp3) is 0.100. The minimum atomic E-state index is -1.16. The van der Waals surface area contributed by atoms with E-state index in [1.807, 2.05) is 0 Å². The number of carbonyl (C=O) groups is 2. The first-order valence-corrected chi connectivity index (χ1v) is 5.33. The predicted molar refractivity (Wildman–Crippen MR) is 61.2 cm³/mol. The molecule has 0 unspecified atom stereocenters. The lowest BCUT2D eigenvalue weighted by molar-refractivity contribution is 0.0590. The Kier molecular flexibility index (Phi) is 2.84. The molecule has 88 valence electrons. The summed E-state index contributed by atoms with van der Waals surface area (Å²) in [6.07, 6.45) is 1.27. The maximum Gasteiger partial charge on any atom is 0.356 e. The van der Waals surface area contributed by atoms with Crippen LogP contribution in [-0.4, -0.2) is 33.5 Å². The van der Waals surface area contributed by atoms with E-state index in [9.17, 15) is 9.59 Å². The first kappa shape index (κ1) is 11.6. The number of hydrogen-bond donors (Lipinski definition) is 1. The Morgan fingerprint density at radius 2 is 2.18 bits per heavy atom. The zero-order chi connectivity index (χ0) is 12.6. The molecule has 7 heteroatoms. The number of ether oxygens (including phenoxy) is 1. The van der Waals surface area contributed by atoms with Crippen LogP contribution in [0.4, 0.5) is 0 Å². The van der Waals surface area contributed by atoms with Crippen LogP contribution >= 0.6 is 15.9 Å². The van der Waals surface area contributed by atoms with Gasteiger partial charge >= 0.3 is 11.9 Å². The minimum Gasteiger partial charge on any atom is -0.476 e. The normalized spacial score (nSPS) is 10.5. The highest BCUT2D eigenvalue weighted by Gasteiger charge is 2.16. The van der Waals surface area contributed by atoms with Gasteiger partial charge < -0.3 is 9.84 Å². The molecule has 1 N–H and O–H groups in total. The number of fused-ring (bicyclic) bond motifs is 1. The minimum absolute atomic E-state index is 0.137. The van der Waals surface area contributed by atoms with Gasteiger partial charge in [-0.15, -0.1) is 0 Å².